The predicted octanol–water partition coefficient (Wildman–Crippen LogP) is 4.23. The van der Waals surface area contributed by atoms with Crippen LogP contribution < -0.4 is 4.90 Å². The largest absolute Gasteiger partial charge is 0.378 e. The van der Waals surface area contributed by atoms with Gasteiger partial charge in [0.2, 0.25) is 0 Å². The van der Waals surface area contributed by atoms with Gasteiger partial charge in [-0.25, -0.2) is 4.98 Å². The van der Waals surface area contributed by atoms with Gasteiger partial charge in [0, 0.05) is 36.0 Å². The molecule has 2 nitrogen and oxygen atoms in total. The van der Waals surface area contributed by atoms with Crippen molar-refractivity contribution in [2.75, 3.05) is 19.0 Å². The number of benzene rings is 1. The van der Waals surface area contributed by atoms with Crippen molar-refractivity contribution in [3.8, 4) is 11.1 Å². The van der Waals surface area contributed by atoms with Crippen LogP contribution in [-0.2, 0) is 0 Å². The van der Waals surface area contributed by atoms with E-state index in [2.05, 4.69) is 50.1 Å². The minimum atomic E-state index is 0.500. The molecule has 2 aromatic rings. The maximum absolute atomic E-state index is 5.91. The van der Waals surface area contributed by atoms with Crippen molar-refractivity contribution in [1.82, 2.24) is 4.98 Å². The topological polar surface area (TPSA) is 16.1 Å². The molecule has 4 heteroatoms. The number of hydrogen-bond donors (Lipinski definition) is 0. The standard InChI is InChI=1S/C13H12BrClN2/c1-17(2)10-5-3-9(4-6-10)11-7-13(15)16-8-12(11)14/h3-8H,1-2H3. The summed E-state index contributed by atoms with van der Waals surface area (Å²) >= 11 is 9.39. The van der Waals surface area contributed by atoms with Gasteiger partial charge in [-0.15, -0.1) is 0 Å². The molecule has 0 atom stereocenters. The van der Waals surface area contributed by atoms with Crippen LogP contribution >= 0.6 is 27.5 Å². The van der Waals surface area contributed by atoms with E-state index in [-0.39, 0.29) is 0 Å². The lowest BCUT2D eigenvalue weighted by Gasteiger charge is -2.13. The smallest absolute Gasteiger partial charge is 0.129 e. The number of halogens is 2. The van der Waals surface area contributed by atoms with Gasteiger partial charge in [0.25, 0.3) is 0 Å². The van der Waals surface area contributed by atoms with E-state index in [0.717, 1.165) is 15.6 Å². The average Bonchev–Trinajstić information content (AvgIpc) is 2.32. The molecular weight excluding hydrogens is 300 g/mol. The number of anilines is 1. The summed E-state index contributed by atoms with van der Waals surface area (Å²) in [6, 6.07) is 10.2. The number of pyridine rings is 1. The molecule has 0 radical (unpaired) electrons. The highest BCUT2D eigenvalue weighted by Crippen LogP contribution is 2.30. The number of nitrogens with zero attached hydrogens (tertiary/aromatic N) is 2. The summed E-state index contributed by atoms with van der Waals surface area (Å²) in [6.07, 6.45) is 1.72. The lowest BCUT2D eigenvalue weighted by molar-refractivity contribution is 1.13. The molecule has 1 aromatic carbocycles. The molecule has 0 saturated heterocycles. The van der Waals surface area contributed by atoms with Gasteiger partial charge < -0.3 is 4.90 Å². The first-order valence-corrected chi connectivity index (χ1v) is 6.34. The predicted molar refractivity (Wildman–Crippen MR) is 76.7 cm³/mol. The molecular formula is C13H12BrClN2. The molecule has 88 valence electrons. The Morgan fingerprint density at radius 3 is 2.41 bits per heavy atom. The molecule has 0 aliphatic rings. The van der Waals surface area contributed by atoms with E-state index in [1.54, 1.807) is 6.20 Å². The van der Waals surface area contributed by atoms with E-state index in [4.69, 9.17) is 11.6 Å². The molecule has 0 aliphatic carbocycles. The molecule has 0 saturated carbocycles. The second-order valence-corrected chi connectivity index (χ2v) is 5.17. The van der Waals surface area contributed by atoms with Crippen LogP contribution in [0.3, 0.4) is 0 Å². The molecule has 0 amide bonds. The molecule has 2 rings (SSSR count). The lowest BCUT2D eigenvalue weighted by Crippen LogP contribution is -2.07. The summed E-state index contributed by atoms with van der Waals surface area (Å²) in [6.45, 7) is 0. The first-order chi connectivity index (χ1) is 8.08. The summed E-state index contributed by atoms with van der Waals surface area (Å²) in [5.41, 5.74) is 3.34. The SMILES string of the molecule is CN(C)c1ccc(-c2cc(Cl)ncc2Br)cc1. The van der Waals surface area contributed by atoms with Crippen molar-refractivity contribution in [2.45, 2.75) is 0 Å². The van der Waals surface area contributed by atoms with Crippen molar-refractivity contribution in [3.05, 3.63) is 46.2 Å². The van der Waals surface area contributed by atoms with Crippen LogP contribution in [0.5, 0.6) is 0 Å². The van der Waals surface area contributed by atoms with Crippen LogP contribution in [0.4, 0.5) is 5.69 Å². The van der Waals surface area contributed by atoms with E-state index in [1.807, 2.05) is 20.2 Å². The molecule has 0 unspecified atom stereocenters. The number of rotatable bonds is 2. The second-order valence-electron chi connectivity index (χ2n) is 3.93. The molecule has 0 bridgehead atoms. The minimum Gasteiger partial charge on any atom is -0.378 e. The normalized spacial score (nSPS) is 10.4. The van der Waals surface area contributed by atoms with E-state index in [9.17, 15) is 0 Å². The average molecular weight is 312 g/mol. The summed E-state index contributed by atoms with van der Waals surface area (Å²) in [5, 5.41) is 0.500. The Morgan fingerprint density at radius 2 is 1.82 bits per heavy atom. The Hall–Kier alpha value is -1.06. The molecule has 0 aliphatic heterocycles. The zero-order valence-electron chi connectivity index (χ0n) is 9.61. The summed E-state index contributed by atoms with van der Waals surface area (Å²) < 4.78 is 0.944. The van der Waals surface area contributed by atoms with E-state index in [1.165, 1.54) is 5.69 Å². The zero-order chi connectivity index (χ0) is 12.4. The summed E-state index contributed by atoms with van der Waals surface area (Å²) in [5.74, 6) is 0. The van der Waals surface area contributed by atoms with Crippen LogP contribution in [0.25, 0.3) is 11.1 Å². The third-order valence-corrected chi connectivity index (χ3v) is 3.36. The van der Waals surface area contributed by atoms with Crippen LogP contribution in [0.1, 0.15) is 0 Å². The van der Waals surface area contributed by atoms with Crippen LogP contribution in [0.2, 0.25) is 5.15 Å². The molecule has 0 fully saturated rings. The Balaban J connectivity index is 2.43. The monoisotopic (exact) mass is 310 g/mol. The van der Waals surface area contributed by atoms with Crippen molar-refractivity contribution in [2.24, 2.45) is 0 Å². The van der Waals surface area contributed by atoms with Crippen LogP contribution in [0, 0.1) is 0 Å². The maximum atomic E-state index is 5.91. The van der Waals surface area contributed by atoms with Crippen molar-refractivity contribution in [3.63, 3.8) is 0 Å². The molecule has 1 heterocycles. The maximum Gasteiger partial charge on any atom is 0.129 e. The Kier molecular flexibility index (Phi) is 3.69. The van der Waals surface area contributed by atoms with Gasteiger partial charge in [0.1, 0.15) is 5.15 Å². The summed E-state index contributed by atoms with van der Waals surface area (Å²) in [7, 11) is 4.04. The third-order valence-electron chi connectivity index (χ3n) is 2.52. The van der Waals surface area contributed by atoms with E-state index >= 15 is 0 Å². The third kappa shape index (κ3) is 2.79. The highest BCUT2D eigenvalue weighted by molar-refractivity contribution is 9.10. The minimum absolute atomic E-state index is 0.500. The van der Waals surface area contributed by atoms with Crippen molar-refractivity contribution in [1.29, 1.82) is 0 Å². The van der Waals surface area contributed by atoms with E-state index < -0.39 is 0 Å². The highest BCUT2D eigenvalue weighted by Gasteiger charge is 2.05. The fourth-order valence-corrected chi connectivity index (χ4v) is 2.18. The van der Waals surface area contributed by atoms with Crippen LogP contribution in [-0.4, -0.2) is 19.1 Å². The van der Waals surface area contributed by atoms with Gasteiger partial charge in [-0.3, -0.25) is 0 Å². The van der Waals surface area contributed by atoms with Gasteiger partial charge >= 0.3 is 0 Å². The van der Waals surface area contributed by atoms with Crippen molar-refractivity contribution >= 4 is 33.2 Å². The van der Waals surface area contributed by atoms with Gasteiger partial charge in [-0.2, -0.15) is 0 Å². The Bertz CT molecular complexity index is 523. The fourth-order valence-electron chi connectivity index (χ4n) is 1.57. The first kappa shape index (κ1) is 12.4. The van der Waals surface area contributed by atoms with Gasteiger partial charge in [-0.05, 0) is 39.7 Å². The fraction of sp³-hybridized carbons (Fsp3) is 0.154. The van der Waals surface area contributed by atoms with Gasteiger partial charge in [-0.1, -0.05) is 23.7 Å². The molecule has 17 heavy (non-hydrogen) atoms. The van der Waals surface area contributed by atoms with Crippen molar-refractivity contribution < 1.29 is 0 Å². The highest BCUT2D eigenvalue weighted by atomic mass is 79.9. The van der Waals surface area contributed by atoms with Gasteiger partial charge in [0.15, 0.2) is 0 Å². The number of hydrogen-bond acceptors (Lipinski definition) is 2. The lowest BCUT2D eigenvalue weighted by atomic mass is 10.1. The molecule has 0 N–H and O–H groups in total. The molecule has 1 aromatic heterocycles. The van der Waals surface area contributed by atoms with Crippen LogP contribution in [0.15, 0.2) is 41.0 Å². The number of aromatic nitrogens is 1. The molecule has 0 spiro atoms. The van der Waals surface area contributed by atoms with E-state index in [0.29, 0.717) is 5.15 Å². The quantitative estimate of drug-likeness (QED) is 0.772. The summed E-state index contributed by atoms with van der Waals surface area (Å²) in [4.78, 5) is 6.09. The van der Waals surface area contributed by atoms with Gasteiger partial charge in [0.05, 0.1) is 0 Å². The Labute approximate surface area is 114 Å². The second kappa shape index (κ2) is 5.07. The first-order valence-electron chi connectivity index (χ1n) is 5.17. The zero-order valence-corrected chi connectivity index (χ0v) is 12.0. The Morgan fingerprint density at radius 1 is 1.18 bits per heavy atom.